The molecule has 0 bridgehead atoms. The second kappa shape index (κ2) is 5.11. The molecule has 0 fully saturated rings. The molecule has 1 aromatic heterocycles. The fourth-order valence-electron chi connectivity index (χ4n) is 2.31. The van der Waals surface area contributed by atoms with Gasteiger partial charge in [0.2, 0.25) is 0 Å². The monoisotopic (exact) mass is 248 g/mol. The zero-order valence-corrected chi connectivity index (χ0v) is 11.0. The van der Waals surface area contributed by atoms with Gasteiger partial charge in [-0.1, -0.05) is 48.5 Å². The van der Waals surface area contributed by atoms with Crippen LogP contribution < -0.4 is 0 Å². The lowest BCUT2D eigenvalue weighted by molar-refractivity contribution is 0.968. The molecule has 0 amide bonds. The van der Waals surface area contributed by atoms with Crippen molar-refractivity contribution in [3.8, 4) is 0 Å². The molecule has 0 spiro atoms. The Bertz CT molecular complexity index is 708. The molecule has 94 valence electrons. The van der Waals surface area contributed by atoms with E-state index in [2.05, 4.69) is 59.2 Å². The molecule has 2 nitrogen and oxygen atoms in total. The molecule has 19 heavy (non-hydrogen) atoms. The van der Waals surface area contributed by atoms with E-state index in [1.54, 1.807) is 0 Å². The Morgan fingerprint density at radius 1 is 1.00 bits per heavy atom. The second-order valence-electron chi connectivity index (χ2n) is 4.67. The van der Waals surface area contributed by atoms with E-state index in [0.29, 0.717) is 0 Å². The quantitative estimate of drug-likeness (QED) is 0.627. The minimum absolute atomic E-state index is 0.726. The highest BCUT2D eigenvalue weighted by molar-refractivity contribution is 5.99. The predicted octanol–water partition coefficient (Wildman–Crippen LogP) is 3.80. The third-order valence-electron chi connectivity index (χ3n) is 3.27. The van der Waals surface area contributed by atoms with Gasteiger partial charge in [0.1, 0.15) is 0 Å². The Morgan fingerprint density at radius 2 is 1.74 bits per heavy atom. The Labute approximate surface area is 113 Å². The van der Waals surface area contributed by atoms with E-state index in [0.717, 1.165) is 6.54 Å². The molecule has 0 saturated heterocycles. The SMILES string of the molecule is Cn1cc(C=NCc2ccccc2)c2ccccc21. The number of para-hydroxylation sites is 1. The first-order chi connectivity index (χ1) is 9.34. The van der Waals surface area contributed by atoms with Gasteiger partial charge in [0.15, 0.2) is 0 Å². The molecule has 3 rings (SSSR count). The zero-order chi connectivity index (χ0) is 13.1. The van der Waals surface area contributed by atoms with Gasteiger partial charge in [0.05, 0.1) is 6.54 Å². The van der Waals surface area contributed by atoms with Crippen molar-refractivity contribution in [3.63, 3.8) is 0 Å². The van der Waals surface area contributed by atoms with E-state index in [4.69, 9.17) is 0 Å². The van der Waals surface area contributed by atoms with Crippen LogP contribution in [0.15, 0.2) is 65.8 Å². The fourth-order valence-corrected chi connectivity index (χ4v) is 2.31. The summed E-state index contributed by atoms with van der Waals surface area (Å²) in [6.45, 7) is 0.726. The second-order valence-corrected chi connectivity index (χ2v) is 4.67. The summed E-state index contributed by atoms with van der Waals surface area (Å²) >= 11 is 0. The predicted molar refractivity (Wildman–Crippen MR) is 80.7 cm³/mol. The molecule has 2 aromatic carbocycles. The summed E-state index contributed by atoms with van der Waals surface area (Å²) in [7, 11) is 2.07. The molecular formula is C17H16N2. The van der Waals surface area contributed by atoms with Crippen LogP contribution in [-0.2, 0) is 13.6 Å². The number of aliphatic imine (C=N–C) groups is 1. The smallest absolute Gasteiger partial charge is 0.0639 e. The van der Waals surface area contributed by atoms with E-state index in [-0.39, 0.29) is 0 Å². The minimum Gasteiger partial charge on any atom is -0.350 e. The first-order valence-electron chi connectivity index (χ1n) is 6.42. The number of hydrogen-bond acceptors (Lipinski definition) is 1. The largest absolute Gasteiger partial charge is 0.350 e. The zero-order valence-electron chi connectivity index (χ0n) is 11.0. The van der Waals surface area contributed by atoms with Crippen molar-refractivity contribution in [1.29, 1.82) is 0 Å². The number of aryl methyl sites for hydroxylation is 1. The molecule has 0 radical (unpaired) electrons. The van der Waals surface area contributed by atoms with Crippen molar-refractivity contribution < 1.29 is 0 Å². The highest BCUT2D eigenvalue weighted by Gasteiger charge is 2.02. The summed E-state index contributed by atoms with van der Waals surface area (Å²) in [6.07, 6.45) is 4.09. The Hall–Kier alpha value is -2.35. The Kier molecular flexibility index (Phi) is 3.15. The number of hydrogen-bond donors (Lipinski definition) is 0. The summed E-state index contributed by atoms with van der Waals surface area (Å²) in [6, 6.07) is 18.7. The molecular weight excluding hydrogens is 232 g/mol. The van der Waals surface area contributed by atoms with Crippen LogP contribution in [-0.4, -0.2) is 10.8 Å². The Morgan fingerprint density at radius 3 is 2.58 bits per heavy atom. The fraction of sp³-hybridized carbons (Fsp3) is 0.118. The van der Waals surface area contributed by atoms with Crippen molar-refractivity contribution in [2.45, 2.75) is 6.54 Å². The van der Waals surface area contributed by atoms with Gasteiger partial charge >= 0.3 is 0 Å². The molecule has 0 N–H and O–H groups in total. The van der Waals surface area contributed by atoms with Crippen molar-refractivity contribution >= 4 is 17.1 Å². The van der Waals surface area contributed by atoms with Gasteiger partial charge in [-0.15, -0.1) is 0 Å². The standard InChI is InChI=1S/C17H16N2/c1-19-13-15(16-9-5-6-10-17(16)19)12-18-11-14-7-3-2-4-8-14/h2-10,12-13H,11H2,1H3. The molecule has 0 atom stereocenters. The van der Waals surface area contributed by atoms with E-state index in [1.165, 1.54) is 22.0 Å². The van der Waals surface area contributed by atoms with Crippen LogP contribution in [0.4, 0.5) is 0 Å². The van der Waals surface area contributed by atoms with E-state index >= 15 is 0 Å². The van der Waals surface area contributed by atoms with Crippen LogP contribution in [0, 0.1) is 0 Å². The first-order valence-corrected chi connectivity index (χ1v) is 6.42. The lowest BCUT2D eigenvalue weighted by Gasteiger charge is -1.94. The van der Waals surface area contributed by atoms with Crippen LogP contribution in [0.3, 0.4) is 0 Å². The lowest BCUT2D eigenvalue weighted by atomic mass is 10.2. The van der Waals surface area contributed by atoms with Crippen molar-refractivity contribution in [3.05, 3.63) is 71.9 Å². The number of rotatable bonds is 3. The Balaban J connectivity index is 1.86. The molecule has 0 unspecified atom stereocenters. The van der Waals surface area contributed by atoms with E-state index < -0.39 is 0 Å². The van der Waals surface area contributed by atoms with Gasteiger partial charge < -0.3 is 4.57 Å². The van der Waals surface area contributed by atoms with Crippen LogP contribution in [0.25, 0.3) is 10.9 Å². The van der Waals surface area contributed by atoms with Crippen molar-refractivity contribution in [2.24, 2.45) is 12.0 Å². The number of nitrogens with zero attached hydrogens (tertiary/aromatic N) is 2. The van der Waals surface area contributed by atoms with E-state index in [9.17, 15) is 0 Å². The van der Waals surface area contributed by atoms with Crippen molar-refractivity contribution in [2.75, 3.05) is 0 Å². The molecule has 0 aliphatic rings. The summed E-state index contributed by atoms with van der Waals surface area (Å²) in [5.74, 6) is 0. The molecule has 3 aromatic rings. The summed E-state index contributed by atoms with van der Waals surface area (Å²) in [5, 5.41) is 1.25. The number of aromatic nitrogens is 1. The molecule has 0 aliphatic heterocycles. The average molecular weight is 248 g/mol. The van der Waals surface area contributed by atoms with Crippen LogP contribution in [0.5, 0.6) is 0 Å². The molecule has 0 saturated carbocycles. The summed E-state index contributed by atoms with van der Waals surface area (Å²) in [5.41, 5.74) is 3.65. The third-order valence-corrected chi connectivity index (χ3v) is 3.27. The average Bonchev–Trinajstić information content (AvgIpc) is 2.78. The van der Waals surface area contributed by atoms with Gasteiger partial charge in [0.25, 0.3) is 0 Å². The molecule has 2 heteroatoms. The topological polar surface area (TPSA) is 17.3 Å². The van der Waals surface area contributed by atoms with Crippen LogP contribution in [0.2, 0.25) is 0 Å². The van der Waals surface area contributed by atoms with Crippen LogP contribution in [0.1, 0.15) is 11.1 Å². The van der Waals surface area contributed by atoms with Gasteiger partial charge in [0, 0.05) is 35.9 Å². The van der Waals surface area contributed by atoms with Gasteiger partial charge in [-0.3, -0.25) is 4.99 Å². The van der Waals surface area contributed by atoms with Gasteiger partial charge in [-0.05, 0) is 11.6 Å². The van der Waals surface area contributed by atoms with E-state index in [1.807, 2.05) is 24.4 Å². The maximum absolute atomic E-state index is 4.54. The highest BCUT2D eigenvalue weighted by Crippen LogP contribution is 2.18. The summed E-state index contributed by atoms with van der Waals surface area (Å²) in [4.78, 5) is 4.54. The number of fused-ring (bicyclic) bond motifs is 1. The maximum Gasteiger partial charge on any atom is 0.0639 e. The minimum atomic E-state index is 0.726. The molecule has 1 heterocycles. The highest BCUT2D eigenvalue weighted by atomic mass is 14.9. The lowest BCUT2D eigenvalue weighted by Crippen LogP contribution is -1.83. The van der Waals surface area contributed by atoms with Crippen LogP contribution >= 0.6 is 0 Å². The maximum atomic E-state index is 4.54. The molecule has 0 aliphatic carbocycles. The summed E-state index contributed by atoms with van der Waals surface area (Å²) < 4.78 is 2.14. The van der Waals surface area contributed by atoms with Gasteiger partial charge in [-0.2, -0.15) is 0 Å². The third kappa shape index (κ3) is 2.43. The number of benzene rings is 2. The van der Waals surface area contributed by atoms with Gasteiger partial charge in [-0.25, -0.2) is 0 Å². The van der Waals surface area contributed by atoms with Crippen molar-refractivity contribution in [1.82, 2.24) is 4.57 Å². The first kappa shape index (κ1) is 11.7. The normalized spacial score (nSPS) is 11.4.